The van der Waals surface area contributed by atoms with Crippen LogP contribution < -0.4 is 4.74 Å². The molecule has 0 N–H and O–H groups in total. The second-order valence-electron chi connectivity index (χ2n) is 1.95. The summed E-state index contributed by atoms with van der Waals surface area (Å²) in [6.45, 7) is -0.135. The maximum absolute atomic E-state index is 10.6. The van der Waals surface area contributed by atoms with Gasteiger partial charge in [-0.15, -0.1) is 0 Å². The number of ether oxygens (including phenoxy) is 2. The minimum Gasteiger partial charge on any atom is -0.466 e. The molecule has 1 heterocycles. The molecule has 0 fully saturated rings. The van der Waals surface area contributed by atoms with Crippen molar-refractivity contribution < 1.29 is 14.3 Å². The lowest BCUT2D eigenvalue weighted by Crippen LogP contribution is -2.12. The van der Waals surface area contributed by atoms with Gasteiger partial charge in [-0.25, -0.2) is 9.78 Å². The number of carbonyl (C=O) groups is 1. The van der Waals surface area contributed by atoms with Gasteiger partial charge in [-0.2, -0.15) is 0 Å². The highest BCUT2D eigenvalue weighted by Gasteiger charge is 2.00. The molecule has 1 aromatic heterocycles. The van der Waals surface area contributed by atoms with Crippen molar-refractivity contribution >= 4 is 5.97 Å². The van der Waals surface area contributed by atoms with Gasteiger partial charge in [0.15, 0.2) is 6.61 Å². The highest BCUT2D eigenvalue weighted by molar-refractivity contribution is 5.70. The van der Waals surface area contributed by atoms with Crippen molar-refractivity contribution in [1.82, 2.24) is 4.98 Å². The molecule has 0 spiro atoms. The van der Waals surface area contributed by atoms with E-state index in [2.05, 4.69) is 15.8 Å². The molecule has 1 radical (unpaired) electrons. The van der Waals surface area contributed by atoms with Crippen LogP contribution in [-0.2, 0) is 9.53 Å². The van der Waals surface area contributed by atoms with Gasteiger partial charge in [-0.3, -0.25) is 0 Å². The normalized spacial score (nSPS) is 9.08. The van der Waals surface area contributed by atoms with Crippen LogP contribution in [0.15, 0.2) is 18.3 Å². The molecule has 12 heavy (non-hydrogen) atoms. The van der Waals surface area contributed by atoms with Crippen molar-refractivity contribution in [2.24, 2.45) is 0 Å². The summed E-state index contributed by atoms with van der Waals surface area (Å²) in [4.78, 5) is 14.4. The van der Waals surface area contributed by atoms with Gasteiger partial charge in [-0.1, -0.05) is 0 Å². The van der Waals surface area contributed by atoms with E-state index in [1.54, 1.807) is 18.3 Å². The molecule has 0 atom stereocenters. The average molecular weight is 166 g/mol. The highest BCUT2D eigenvalue weighted by atomic mass is 16.6. The van der Waals surface area contributed by atoms with Crippen LogP contribution in [0, 0.1) is 6.07 Å². The third-order valence-electron chi connectivity index (χ3n) is 1.14. The standard InChI is InChI=1S/C8H8NO3/c1-11-8(10)6-12-7-4-2-3-5-9-7/h2-3,5H,6H2,1H3. The number of nitrogens with zero attached hydrogens (tertiary/aromatic N) is 1. The Bertz CT molecular complexity index is 248. The Hall–Kier alpha value is -1.58. The maximum atomic E-state index is 10.6. The van der Waals surface area contributed by atoms with E-state index in [0.717, 1.165) is 0 Å². The van der Waals surface area contributed by atoms with Crippen molar-refractivity contribution in [1.29, 1.82) is 0 Å². The zero-order chi connectivity index (χ0) is 8.81. The number of esters is 1. The molecule has 4 nitrogen and oxygen atoms in total. The van der Waals surface area contributed by atoms with Crippen LogP contribution in [0.3, 0.4) is 0 Å². The Kier molecular flexibility index (Phi) is 3.07. The first-order valence-electron chi connectivity index (χ1n) is 3.35. The fraction of sp³-hybridized carbons (Fsp3) is 0.250. The Morgan fingerprint density at radius 2 is 2.58 bits per heavy atom. The van der Waals surface area contributed by atoms with E-state index in [0.29, 0.717) is 5.88 Å². The molecule has 1 rings (SSSR count). The van der Waals surface area contributed by atoms with Gasteiger partial charge < -0.3 is 9.47 Å². The van der Waals surface area contributed by atoms with E-state index in [9.17, 15) is 4.79 Å². The van der Waals surface area contributed by atoms with Crippen LogP contribution in [0.2, 0.25) is 0 Å². The van der Waals surface area contributed by atoms with Crippen LogP contribution in [0.5, 0.6) is 5.88 Å². The van der Waals surface area contributed by atoms with Gasteiger partial charge in [0, 0.05) is 12.3 Å². The summed E-state index contributed by atoms with van der Waals surface area (Å²) in [5.41, 5.74) is 0. The Labute approximate surface area is 70.1 Å². The summed E-state index contributed by atoms with van der Waals surface area (Å²) >= 11 is 0. The van der Waals surface area contributed by atoms with Crippen LogP contribution in [0.4, 0.5) is 0 Å². The molecule has 0 unspecified atom stereocenters. The molecule has 0 aliphatic rings. The Balaban J connectivity index is 2.38. The molecule has 0 bridgehead atoms. The molecule has 0 aromatic carbocycles. The number of methoxy groups -OCH3 is 1. The van der Waals surface area contributed by atoms with Crippen molar-refractivity contribution in [2.75, 3.05) is 13.7 Å². The van der Waals surface area contributed by atoms with E-state index >= 15 is 0 Å². The topological polar surface area (TPSA) is 48.4 Å². The van der Waals surface area contributed by atoms with E-state index in [1.165, 1.54) is 7.11 Å². The predicted octanol–water partition coefficient (Wildman–Crippen LogP) is 0.434. The number of aromatic nitrogens is 1. The molecular formula is C8H8NO3. The lowest BCUT2D eigenvalue weighted by Gasteiger charge is -2.01. The smallest absolute Gasteiger partial charge is 0.343 e. The van der Waals surface area contributed by atoms with Gasteiger partial charge in [-0.05, 0) is 12.1 Å². The minimum atomic E-state index is -0.436. The van der Waals surface area contributed by atoms with Gasteiger partial charge in [0.25, 0.3) is 0 Å². The van der Waals surface area contributed by atoms with Gasteiger partial charge >= 0.3 is 5.97 Å². The second-order valence-corrected chi connectivity index (χ2v) is 1.95. The number of rotatable bonds is 3. The summed E-state index contributed by atoms with van der Waals surface area (Å²) in [6.07, 6.45) is 1.56. The van der Waals surface area contributed by atoms with E-state index in [4.69, 9.17) is 4.74 Å². The first kappa shape index (κ1) is 8.52. The molecule has 0 saturated heterocycles. The SMILES string of the molecule is COC(=O)COc1[c]cccn1. The van der Waals surface area contributed by atoms with Crippen LogP contribution in [0.1, 0.15) is 0 Å². The zero-order valence-electron chi connectivity index (χ0n) is 6.61. The summed E-state index contributed by atoms with van der Waals surface area (Å²) in [6, 6.07) is 6.07. The maximum Gasteiger partial charge on any atom is 0.343 e. The fourth-order valence-electron chi connectivity index (χ4n) is 0.576. The summed E-state index contributed by atoms with van der Waals surface area (Å²) in [5.74, 6) is -0.142. The molecule has 0 aliphatic carbocycles. The largest absolute Gasteiger partial charge is 0.466 e. The van der Waals surface area contributed by atoms with Crippen molar-refractivity contribution in [3.63, 3.8) is 0 Å². The summed E-state index contributed by atoms with van der Waals surface area (Å²) in [7, 11) is 1.30. The molecule has 0 saturated carbocycles. The van der Waals surface area contributed by atoms with E-state index in [1.807, 2.05) is 0 Å². The summed E-state index contributed by atoms with van der Waals surface area (Å²) in [5, 5.41) is 0. The van der Waals surface area contributed by atoms with E-state index < -0.39 is 5.97 Å². The molecule has 0 aliphatic heterocycles. The third kappa shape index (κ3) is 2.57. The first-order valence-corrected chi connectivity index (χ1v) is 3.35. The van der Waals surface area contributed by atoms with E-state index in [-0.39, 0.29) is 6.61 Å². The molecular weight excluding hydrogens is 158 g/mol. The average Bonchev–Trinajstić information content (AvgIpc) is 2.16. The molecule has 4 heteroatoms. The number of hydrogen-bond donors (Lipinski definition) is 0. The fourth-order valence-corrected chi connectivity index (χ4v) is 0.576. The summed E-state index contributed by atoms with van der Waals surface area (Å²) < 4.78 is 9.28. The lowest BCUT2D eigenvalue weighted by molar-refractivity contribution is -0.143. The quantitative estimate of drug-likeness (QED) is 0.611. The number of carbonyl (C=O) groups excluding carboxylic acids is 1. The van der Waals surface area contributed by atoms with Gasteiger partial charge in [0.2, 0.25) is 5.88 Å². The number of hydrogen-bond acceptors (Lipinski definition) is 4. The Morgan fingerprint density at radius 1 is 1.75 bits per heavy atom. The third-order valence-corrected chi connectivity index (χ3v) is 1.14. The Morgan fingerprint density at radius 3 is 3.17 bits per heavy atom. The number of pyridine rings is 1. The first-order chi connectivity index (χ1) is 5.83. The van der Waals surface area contributed by atoms with Crippen LogP contribution in [-0.4, -0.2) is 24.7 Å². The molecule has 63 valence electrons. The highest BCUT2D eigenvalue weighted by Crippen LogP contribution is 2.01. The minimum absolute atomic E-state index is 0.135. The second kappa shape index (κ2) is 4.33. The van der Waals surface area contributed by atoms with Gasteiger partial charge in [0.05, 0.1) is 7.11 Å². The lowest BCUT2D eigenvalue weighted by atomic mass is 10.5. The van der Waals surface area contributed by atoms with Crippen molar-refractivity contribution in [3.8, 4) is 5.88 Å². The van der Waals surface area contributed by atoms with Crippen LogP contribution >= 0.6 is 0 Å². The molecule has 0 amide bonds. The predicted molar refractivity (Wildman–Crippen MR) is 40.6 cm³/mol. The van der Waals surface area contributed by atoms with Crippen molar-refractivity contribution in [2.45, 2.75) is 0 Å². The molecule has 1 aromatic rings. The van der Waals surface area contributed by atoms with Gasteiger partial charge in [0.1, 0.15) is 0 Å². The monoisotopic (exact) mass is 166 g/mol. The zero-order valence-corrected chi connectivity index (χ0v) is 6.61. The van der Waals surface area contributed by atoms with Crippen LogP contribution in [0.25, 0.3) is 0 Å². The van der Waals surface area contributed by atoms with Crippen molar-refractivity contribution in [3.05, 3.63) is 24.4 Å².